The lowest BCUT2D eigenvalue weighted by Gasteiger charge is -2.53. The molecular weight excluding hydrogens is 542 g/mol. The predicted molar refractivity (Wildman–Crippen MR) is 147 cm³/mol. The molecule has 218 valence electrons. The quantitative estimate of drug-likeness (QED) is 0.285. The number of aliphatic hydroxyl groups excluding tert-OH is 2. The van der Waals surface area contributed by atoms with Crippen LogP contribution in [0.4, 0.5) is 0 Å². The molecule has 6 N–H and O–H groups in total. The van der Waals surface area contributed by atoms with Crippen LogP contribution in [0, 0.1) is 11.8 Å². The molecule has 5 atom stereocenters. The van der Waals surface area contributed by atoms with E-state index in [4.69, 9.17) is 0 Å². The SMILES string of the molecule is CN(C)[C@@H]1C(=O)C(C(=O)NCN2CCCCC2)=C(O)[C@@]2(O)C(=O)C3=C(O)c4c(O)cccc4[C@@](C)(O)[C@H]3C[C@@H]12.Cl. The molecule has 0 spiro atoms. The average Bonchev–Trinajstić information content (AvgIpc) is 2.88. The van der Waals surface area contributed by atoms with Gasteiger partial charge in [-0.15, -0.1) is 12.4 Å². The minimum absolute atomic E-state index is 0. The molecule has 1 aliphatic heterocycles. The summed E-state index contributed by atoms with van der Waals surface area (Å²) in [6.07, 6.45) is 2.87. The number of phenolic OH excluding ortho intramolecular Hbond substituents is 1. The summed E-state index contributed by atoms with van der Waals surface area (Å²) in [5.74, 6) is -7.17. The highest BCUT2D eigenvalue weighted by atomic mass is 35.5. The number of nitrogens with zero attached hydrogens (tertiary/aromatic N) is 2. The lowest BCUT2D eigenvalue weighted by atomic mass is 9.54. The van der Waals surface area contributed by atoms with Crippen molar-refractivity contribution in [2.45, 2.75) is 49.9 Å². The van der Waals surface area contributed by atoms with Crippen LogP contribution in [-0.4, -0.2) is 98.3 Å². The first-order chi connectivity index (χ1) is 18.3. The van der Waals surface area contributed by atoms with E-state index >= 15 is 0 Å². The molecule has 1 aromatic rings. The Kier molecular flexibility index (Phi) is 7.85. The Bertz CT molecular complexity index is 1320. The normalized spacial score (nSPS) is 32.3. The maximum absolute atomic E-state index is 14.1. The van der Waals surface area contributed by atoms with Crippen LogP contribution in [0.5, 0.6) is 5.75 Å². The number of aliphatic hydroxyl groups is 4. The fourth-order valence-electron chi connectivity index (χ4n) is 6.87. The van der Waals surface area contributed by atoms with Gasteiger partial charge < -0.3 is 30.8 Å². The summed E-state index contributed by atoms with van der Waals surface area (Å²) in [4.78, 5) is 44.5. The van der Waals surface area contributed by atoms with Gasteiger partial charge in [0.15, 0.2) is 11.4 Å². The molecule has 0 radical (unpaired) electrons. The lowest BCUT2D eigenvalue weighted by Crippen LogP contribution is -2.67. The van der Waals surface area contributed by atoms with Crippen molar-refractivity contribution >= 4 is 35.6 Å². The second kappa shape index (κ2) is 10.5. The Balaban J connectivity index is 0.00000370. The largest absolute Gasteiger partial charge is 0.508 e. The molecular formula is C28H36ClN3O8. The smallest absolute Gasteiger partial charge is 0.259 e. The Hall–Kier alpha value is -2.96. The van der Waals surface area contributed by atoms with E-state index in [0.29, 0.717) is 0 Å². The number of Topliss-reactive ketones (excluding diaryl/α,β-unsaturated/α-hetero) is 2. The summed E-state index contributed by atoms with van der Waals surface area (Å²) in [5.41, 5.74) is -5.53. The highest BCUT2D eigenvalue weighted by Crippen LogP contribution is 2.57. The van der Waals surface area contributed by atoms with E-state index in [1.165, 1.54) is 30.0 Å². The number of hydrogen-bond donors (Lipinski definition) is 6. The highest BCUT2D eigenvalue weighted by molar-refractivity contribution is 6.25. The number of hydrogen-bond acceptors (Lipinski definition) is 10. The molecule has 11 nitrogen and oxygen atoms in total. The van der Waals surface area contributed by atoms with E-state index in [0.717, 1.165) is 32.4 Å². The molecule has 0 aromatic heterocycles. The third kappa shape index (κ3) is 4.22. The molecule has 1 aromatic carbocycles. The summed E-state index contributed by atoms with van der Waals surface area (Å²) < 4.78 is 0. The predicted octanol–water partition coefficient (Wildman–Crippen LogP) is 1.13. The lowest BCUT2D eigenvalue weighted by molar-refractivity contribution is -0.159. The second-order valence-electron chi connectivity index (χ2n) is 11.4. The third-order valence-electron chi connectivity index (χ3n) is 8.91. The van der Waals surface area contributed by atoms with E-state index in [-0.39, 0.29) is 47.9 Å². The summed E-state index contributed by atoms with van der Waals surface area (Å²) in [7, 11) is 3.13. The summed E-state index contributed by atoms with van der Waals surface area (Å²) in [6.45, 7) is 3.11. The number of benzene rings is 1. The van der Waals surface area contributed by atoms with E-state index in [9.17, 15) is 39.9 Å². The van der Waals surface area contributed by atoms with E-state index in [1.807, 2.05) is 4.90 Å². The summed E-state index contributed by atoms with van der Waals surface area (Å²) >= 11 is 0. The minimum Gasteiger partial charge on any atom is -0.508 e. The number of halogens is 1. The Labute approximate surface area is 238 Å². The number of carbonyl (C=O) groups excluding carboxylic acids is 3. The number of amides is 1. The fourth-order valence-corrected chi connectivity index (χ4v) is 6.87. The van der Waals surface area contributed by atoms with Crippen molar-refractivity contribution in [3.63, 3.8) is 0 Å². The van der Waals surface area contributed by atoms with Gasteiger partial charge in [-0.05, 0) is 65.0 Å². The van der Waals surface area contributed by atoms with Gasteiger partial charge in [0.05, 0.1) is 23.9 Å². The first kappa shape index (κ1) is 30.0. The maximum atomic E-state index is 14.1. The van der Waals surface area contributed by atoms with Gasteiger partial charge in [-0.25, -0.2) is 0 Å². The summed E-state index contributed by atoms with van der Waals surface area (Å²) in [6, 6.07) is 3.12. The average molecular weight is 578 g/mol. The standard InChI is InChI=1S/C28H35N3O8.ClH/c1-27(38)14-8-7-9-17(32)18(14)22(33)19-15(27)12-16-21(30(2)3)23(34)20(25(36)28(16,39)24(19)35)26(37)29-13-31-10-5-4-6-11-31;/h7-9,15-16,21,32-33,36,38-39H,4-6,10-13H2,1-3H3,(H,29,37);1H/t15-,16-,21-,27+,28-;/m0./s1. The first-order valence-corrected chi connectivity index (χ1v) is 13.2. The molecule has 4 aliphatic rings. The molecule has 12 heteroatoms. The van der Waals surface area contributed by atoms with Crippen LogP contribution >= 0.6 is 12.4 Å². The molecule has 40 heavy (non-hydrogen) atoms. The molecule has 5 rings (SSSR count). The monoisotopic (exact) mass is 577 g/mol. The number of ketones is 2. The van der Waals surface area contributed by atoms with Crippen molar-refractivity contribution in [2.24, 2.45) is 11.8 Å². The number of likely N-dealkylation sites (N-methyl/N-ethyl adjacent to an activating group) is 1. The molecule has 1 saturated carbocycles. The molecule has 2 fully saturated rings. The van der Waals surface area contributed by atoms with Crippen LogP contribution in [0.25, 0.3) is 5.76 Å². The molecule has 1 amide bonds. The van der Waals surface area contributed by atoms with Crippen LogP contribution in [0.15, 0.2) is 35.1 Å². The van der Waals surface area contributed by atoms with Crippen molar-refractivity contribution in [3.8, 4) is 5.75 Å². The summed E-state index contributed by atoms with van der Waals surface area (Å²) in [5, 5.41) is 59.1. The van der Waals surface area contributed by atoms with Gasteiger partial charge in [-0.1, -0.05) is 18.6 Å². The highest BCUT2D eigenvalue weighted by Gasteiger charge is 2.66. The van der Waals surface area contributed by atoms with Gasteiger partial charge >= 0.3 is 0 Å². The van der Waals surface area contributed by atoms with Crippen molar-refractivity contribution < 1.29 is 39.9 Å². The zero-order valence-corrected chi connectivity index (χ0v) is 23.5. The van der Waals surface area contributed by atoms with Gasteiger partial charge in [0.25, 0.3) is 5.91 Å². The van der Waals surface area contributed by atoms with Crippen LogP contribution in [-0.2, 0) is 20.0 Å². The maximum Gasteiger partial charge on any atom is 0.259 e. The molecule has 0 bridgehead atoms. The number of aromatic hydroxyl groups is 1. The molecule has 3 aliphatic carbocycles. The number of rotatable bonds is 4. The Morgan fingerprint density at radius 3 is 2.38 bits per heavy atom. The van der Waals surface area contributed by atoms with Crippen molar-refractivity contribution in [2.75, 3.05) is 33.9 Å². The minimum atomic E-state index is -2.72. The number of nitrogens with one attached hydrogen (secondary N) is 1. The topological polar surface area (TPSA) is 171 Å². The number of fused-ring (bicyclic) bond motifs is 3. The number of phenols is 1. The number of piperidine rings is 1. The van der Waals surface area contributed by atoms with Crippen LogP contribution < -0.4 is 5.32 Å². The van der Waals surface area contributed by atoms with Crippen LogP contribution in [0.3, 0.4) is 0 Å². The molecule has 0 unspecified atom stereocenters. The Morgan fingerprint density at radius 2 is 1.75 bits per heavy atom. The fraction of sp³-hybridized carbons (Fsp3) is 0.536. The van der Waals surface area contributed by atoms with E-state index in [1.54, 1.807) is 14.1 Å². The zero-order chi connectivity index (χ0) is 28.4. The van der Waals surface area contributed by atoms with Crippen LogP contribution in [0.2, 0.25) is 0 Å². The van der Waals surface area contributed by atoms with Gasteiger partial charge in [-0.3, -0.25) is 24.2 Å². The van der Waals surface area contributed by atoms with Crippen molar-refractivity contribution in [1.82, 2.24) is 15.1 Å². The Morgan fingerprint density at radius 1 is 1.10 bits per heavy atom. The van der Waals surface area contributed by atoms with Crippen molar-refractivity contribution in [1.29, 1.82) is 0 Å². The zero-order valence-electron chi connectivity index (χ0n) is 22.7. The number of likely N-dealkylation sites (tertiary alicyclic amines) is 1. The van der Waals surface area contributed by atoms with E-state index in [2.05, 4.69) is 5.32 Å². The van der Waals surface area contributed by atoms with Crippen LogP contribution in [0.1, 0.15) is 43.7 Å². The van der Waals surface area contributed by atoms with Gasteiger partial charge in [0.1, 0.15) is 22.8 Å². The number of carbonyl (C=O) groups is 3. The van der Waals surface area contributed by atoms with Crippen molar-refractivity contribution in [3.05, 3.63) is 46.2 Å². The van der Waals surface area contributed by atoms with E-state index < -0.39 is 63.6 Å². The van der Waals surface area contributed by atoms with Gasteiger partial charge in [0.2, 0.25) is 5.78 Å². The van der Waals surface area contributed by atoms with Gasteiger partial charge in [0, 0.05) is 17.4 Å². The third-order valence-corrected chi connectivity index (χ3v) is 8.91. The first-order valence-electron chi connectivity index (χ1n) is 13.2. The van der Waals surface area contributed by atoms with Gasteiger partial charge in [-0.2, -0.15) is 0 Å². The molecule has 1 heterocycles. The second-order valence-corrected chi connectivity index (χ2v) is 11.4. The molecule has 1 saturated heterocycles.